The number of benzene rings is 2. The summed E-state index contributed by atoms with van der Waals surface area (Å²) >= 11 is 0. The Morgan fingerprint density at radius 3 is 2.77 bits per heavy atom. The zero-order chi connectivity index (χ0) is 15.5. The van der Waals surface area contributed by atoms with E-state index in [1.54, 1.807) is 0 Å². The maximum atomic E-state index is 6.44. The predicted molar refractivity (Wildman–Crippen MR) is 88.6 cm³/mol. The molecule has 0 radical (unpaired) electrons. The summed E-state index contributed by atoms with van der Waals surface area (Å²) < 4.78 is 12.3. The SMILES string of the molecule is CNC[C@@H]1COc2ccccc2[C@@H]1Oc1cccc(C)c1C. The van der Waals surface area contributed by atoms with Crippen molar-refractivity contribution in [2.24, 2.45) is 5.92 Å². The lowest BCUT2D eigenvalue weighted by Crippen LogP contribution is -2.36. The van der Waals surface area contributed by atoms with Crippen molar-refractivity contribution in [3.63, 3.8) is 0 Å². The molecule has 2 aromatic rings. The Labute approximate surface area is 132 Å². The average Bonchev–Trinajstić information content (AvgIpc) is 2.54. The molecule has 0 saturated heterocycles. The van der Waals surface area contributed by atoms with Crippen LogP contribution in [0.1, 0.15) is 22.8 Å². The number of para-hydroxylation sites is 1. The zero-order valence-corrected chi connectivity index (χ0v) is 13.4. The summed E-state index contributed by atoms with van der Waals surface area (Å²) in [6.07, 6.45) is 0.0119. The molecule has 22 heavy (non-hydrogen) atoms. The first-order chi connectivity index (χ1) is 10.7. The third-order valence-electron chi connectivity index (χ3n) is 4.38. The van der Waals surface area contributed by atoms with Crippen LogP contribution >= 0.6 is 0 Å². The van der Waals surface area contributed by atoms with Gasteiger partial charge in [-0.1, -0.05) is 30.3 Å². The number of nitrogens with one attached hydrogen (secondary N) is 1. The smallest absolute Gasteiger partial charge is 0.135 e. The van der Waals surface area contributed by atoms with Crippen LogP contribution in [0.25, 0.3) is 0 Å². The molecule has 3 heteroatoms. The number of rotatable bonds is 4. The molecule has 1 aliphatic heterocycles. The van der Waals surface area contributed by atoms with Gasteiger partial charge >= 0.3 is 0 Å². The van der Waals surface area contributed by atoms with Gasteiger partial charge in [-0.2, -0.15) is 0 Å². The Bertz CT molecular complexity index is 654. The molecule has 0 aliphatic carbocycles. The van der Waals surface area contributed by atoms with Crippen LogP contribution in [-0.2, 0) is 0 Å². The number of ether oxygens (including phenoxy) is 2. The normalized spacial score (nSPS) is 20.1. The van der Waals surface area contributed by atoms with Gasteiger partial charge in [-0.05, 0) is 44.2 Å². The molecule has 1 aliphatic rings. The summed E-state index contributed by atoms with van der Waals surface area (Å²) in [4.78, 5) is 0. The van der Waals surface area contributed by atoms with E-state index in [0.717, 1.165) is 23.6 Å². The summed E-state index contributed by atoms with van der Waals surface area (Å²) in [5.74, 6) is 2.19. The van der Waals surface area contributed by atoms with E-state index in [-0.39, 0.29) is 6.10 Å². The van der Waals surface area contributed by atoms with Crippen molar-refractivity contribution in [1.29, 1.82) is 0 Å². The van der Waals surface area contributed by atoms with E-state index < -0.39 is 0 Å². The Kier molecular flexibility index (Phi) is 4.34. The minimum absolute atomic E-state index is 0.0119. The molecule has 3 nitrogen and oxygen atoms in total. The lowest BCUT2D eigenvalue weighted by molar-refractivity contribution is 0.0699. The van der Waals surface area contributed by atoms with Crippen LogP contribution in [0.15, 0.2) is 42.5 Å². The van der Waals surface area contributed by atoms with Crippen molar-refractivity contribution >= 4 is 0 Å². The minimum atomic E-state index is 0.0119. The van der Waals surface area contributed by atoms with Crippen molar-refractivity contribution in [2.75, 3.05) is 20.2 Å². The van der Waals surface area contributed by atoms with Gasteiger partial charge < -0.3 is 14.8 Å². The fraction of sp³-hybridized carbons (Fsp3) is 0.368. The molecule has 0 bridgehead atoms. The third kappa shape index (κ3) is 2.81. The van der Waals surface area contributed by atoms with Crippen molar-refractivity contribution in [2.45, 2.75) is 20.0 Å². The highest BCUT2D eigenvalue weighted by Crippen LogP contribution is 2.39. The summed E-state index contributed by atoms with van der Waals surface area (Å²) in [5, 5.41) is 3.25. The molecular formula is C19H23NO2. The minimum Gasteiger partial charge on any atom is -0.493 e. The molecule has 0 unspecified atom stereocenters. The van der Waals surface area contributed by atoms with Crippen molar-refractivity contribution in [3.05, 3.63) is 59.2 Å². The number of aryl methyl sites for hydroxylation is 1. The summed E-state index contributed by atoms with van der Waals surface area (Å²) in [6, 6.07) is 14.4. The third-order valence-corrected chi connectivity index (χ3v) is 4.38. The number of fused-ring (bicyclic) bond motifs is 1. The molecule has 1 N–H and O–H groups in total. The topological polar surface area (TPSA) is 30.5 Å². The van der Waals surface area contributed by atoms with Crippen LogP contribution in [0.3, 0.4) is 0 Å². The molecule has 2 aromatic carbocycles. The second kappa shape index (κ2) is 6.41. The second-order valence-electron chi connectivity index (χ2n) is 5.90. The van der Waals surface area contributed by atoms with E-state index in [2.05, 4.69) is 43.4 Å². The highest BCUT2D eigenvalue weighted by atomic mass is 16.5. The van der Waals surface area contributed by atoms with E-state index in [0.29, 0.717) is 12.5 Å². The van der Waals surface area contributed by atoms with Gasteiger partial charge in [-0.15, -0.1) is 0 Å². The first-order valence-corrected chi connectivity index (χ1v) is 7.80. The van der Waals surface area contributed by atoms with E-state index >= 15 is 0 Å². The van der Waals surface area contributed by atoms with Crippen LogP contribution in [-0.4, -0.2) is 20.2 Å². The first-order valence-electron chi connectivity index (χ1n) is 7.80. The summed E-state index contributed by atoms with van der Waals surface area (Å²) in [6.45, 7) is 5.77. The van der Waals surface area contributed by atoms with Gasteiger partial charge in [0.15, 0.2) is 0 Å². The zero-order valence-electron chi connectivity index (χ0n) is 13.4. The fourth-order valence-electron chi connectivity index (χ4n) is 2.96. The van der Waals surface area contributed by atoms with Crippen molar-refractivity contribution in [3.8, 4) is 11.5 Å². The molecule has 0 aromatic heterocycles. The van der Waals surface area contributed by atoms with Gasteiger partial charge in [-0.25, -0.2) is 0 Å². The van der Waals surface area contributed by atoms with Gasteiger partial charge in [-0.3, -0.25) is 0 Å². The van der Waals surface area contributed by atoms with Gasteiger partial charge in [0.1, 0.15) is 17.6 Å². The number of hydrogen-bond donors (Lipinski definition) is 1. The van der Waals surface area contributed by atoms with Gasteiger partial charge in [0.05, 0.1) is 6.61 Å². The molecular weight excluding hydrogens is 274 g/mol. The van der Waals surface area contributed by atoms with E-state index in [1.807, 2.05) is 25.2 Å². The predicted octanol–water partition coefficient (Wildman–Crippen LogP) is 3.65. The molecule has 2 atom stereocenters. The fourth-order valence-corrected chi connectivity index (χ4v) is 2.96. The molecule has 1 heterocycles. The van der Waals surface area contributed by atoms with Gasteiger partial charge in [0, 0.05) is 18.0 Å². The van der Waals surface area contributed by atoms with E-state index in [1.165, 1.54) is 11.1 Å². The van der Waals surface area contributed by atoms with Crippen molar-refractivity contribution in [1.82, 2.24) is 5.32 Å². The Balaban J connectivity index is 1.95. The summed E-state index contributed by atoms with van der Waals surface area (Å²) in [5.41, 5.74) is 3.59. The van der Waals surface area contributed by atoms with Crippen LogP contribution in [0, 0.1) is 19.8 Å². The maximum Gasteiger partial charge on any atom is 0.135 e. The number of hydrogen-bond acceptors (Lipinski definition) is 3. The quantitative estimate of drug-likeness (QED) is 0.934. The lowest BCUT2D eigenvalue weighted by atomic mass is 9.92. The molecule has 0 amide bonds. The Morgan fingerprint density at radius 1 is 1.14 bits per heavy atom. The van der Waals surface area contributed by atoms with Crippen LogP contribution < -0.4 is 14.8 Å². The molecule has 3 rings (SSSR count). The van der Waals surface area contributed by atoms with Crippen LogP contribution in [0.5, 0.6) is 11.5 Å². The Hall–Kier alpha value is -2.00. The molecule has 0 saturated carbocycles. The van der Waals surface area contributed by atoms with Gasteiger partial charge in [0.25, 0.3) is 0 Å². The first kappa shape index (κ1) is 14.9. The highest BCUT2D eigenvalue weighted by Gasteiger charge is 2.32. The Morgan fingerprint density at radius 2 is 1.95 bits per heavy atom. The molecule has 0 spiro atoms. The maximum absolute atomic E-state index is 6.44. The standard InChI is InChI=1S/C19H23NO2/c1-13-7-6-10-17(14(13)2)22-19-15(11-20-3)12-21-18-9-5-4-8-16(18)19/h4-10,15,19-20H,11-12H2,1-3H3/t15-,19-/m1/s1. The molecule has 116 valence electrons. The van der Waals surface area contributed by atoms with Crippen molar-refractivity contribution < 1.29 is 9.47 Å². The average molecular weight is 297 g/mol. The van der Waals surface area contributed by atoms with Crippen LogP contribution in [0.2, 0.25) is 0 Å². The van der Waals surface area contributed by atoms with E-state index in [9.17, 15) is 0 Å². The van der Waals surface area contributed by atoms with Crippen LogP contribution in [0.4, 0.5) is 0 Å². The monoisotopic (exact) mass is 297 g/mol. The lowest BCUT2D eigenvalue weighted by Gasteiger charge is -2.34. The summed E-state index contributed by atoms with van der Waals surface area (Å²) in [7, 11) is 1.97. The second-order valence-corrected chi connectivity index (χ2v) is 5.90. The molecule has 0 fully saturated rings. The van der Waals surface area contributed by atoms with E-state index in [4.69, 9.17) is 9.47 Å². The largest absolute Gasteiger partial charge is 0.493 e. The highest BCUT2D eigenvalue weighted by molar-refractivity contribution is 5.41. The van der Waals surface area contributed by atoms with Gasteiger partial charge in [0.2, 0.25) is 0 Å².